The third-order valence-corrected chi connectivity index (χ3v) is 5.23. The Kier molecular flexibility index (Phi) is 4.64. The van der Waals surface area contributed by atoms with Crippen LogP contribution in [-0.4, -0.2) is 24.1 Å². The zero-order valence-corrected chi connectivity index (χ0v) is 15.5. The zero-order valence-electron chi connectivity index (χ0n) is 15.5. The number of aryl methyl sites for hydroxylation is 1. The van der Waals surface area contributed by atoms with Crippen LogP contribution in [0.15, 0.2) is 77.5 Å². The molecule has 0 heterocycles. The number of carbonyl (C=O) groups is 2. The summed E-state index contributed by atoms with van der Waals surface area (Å²) < 4.78 is 0. The van der Waals surface area contributed by atoms with Gasteiger partial charge < -0.3 is 5.32 Å². The first-order chi connectivity index (χ1) is 13.6. The molecule has 0 saturated carbocycles. The molecular formula is C24H19NO3. The summed E-state index contributed by atoms with van der Waals surface area (Å²) in [4.78, 5) is 37.5. The number of fused-ring (bicyclic) bond motifs is 2. The highest BCUT2D eigenvalue weighted by atomic mass is 16.1. The van der Waals surface area contributed by atoms with Crippen molar-refractivity contribution in [3.05, 3.63) is 99.8 Å². The van der Waals surface area contributed by atoms with Crippen LogP contribution in [0.3, 0.4) is 0 Å². The van der Waals surface area contributed by atoms with Crippen molar-refractivity contribution in [2.45, 2.75) is 13.3 Å². The lowest BCUT2D eigenvalue weighted by molar-refractivity contribution is 0.0898. The number of allylic oxidation sites excluding steroid dienone is 4. The fourth-order valence-corrected chi connectivity index (χ4v) is 3.74. The van der Waals surface area contributed by atoms with Gasteiger partial charge in [-0.2, -0.15) is 0 Å². The van der Waals surface area contributed by atoms with Crippen molar-refractivity contribution in [2.24, 2.45) is 5.92 Å². The second kappa shape index (κ2) is 7.26. The molecule has 2 aliphatic rings. The van der Waals surface area contributed by atoms with Gasteiger partial charge in [-0.3, -0.25) is 9.59 Å². The van der Waals surface area contributed by atoms with Crippen LogP contribution >= 0.6 is 0 Å². The summed E-state index contributed by atoms with van der Waals surface area (Å²) in [5.74, 6) is 0.511. The summed E-state index contributed by atoms with van der Waals surface area (Å²) in [5, 5.41) is 3.29. The van der Waals surface area contributed by atoms with Gasteiger partial charge in [0.1, 0.15) is 5.94 Å². The quantitative estimate of drug-likeness (QED) is 0.839. The van der Waals surface area contributed by atoms with Gasteiger partial charge in [-0.05, 0) is 31.1 Å². The number of ketones is 2. The second-order valence-corrected chi connectivity index (χ2v) is 7.05. The fourth-order valence-electron chi connectivity index (χ4n) is 3.74. The highest BCUT2D eigenvalue weighted by Crippen LogP contribution is 2.37. The predicted octanol–water partition coefficient (Wildman–Crippen LogP) is 3.40. The van der Waals surface area contributed by atoms with Gasteiger partial charge in [-0.1, -0.05) is 54.1 Å². The molecule has 0 aliphatic heterocycles. The summed E-state index contributed by atoms with van der Waals surface area (Å²) >= 11 is 0. The molecule has 2 aromatic rings. The SMILES string of the molecule is Cc1ccc(CCNC2=C3C(=O)c4ccccc4C(=O)C3C(=C=O)C=C2)cc1. The van der Waals surface area contributed by atoms with Crippen LogP contribution in [0.1, 0.15) is 31.8 Å². The minimum atomic E-state index is -0.883. The third kappa shape index (κ3) is 3.04. The lowest BCUT2D eigenvalue weighted by Crippen LogP contribution is -2.36. The molecule has 0 amide bonds. The molecule has 0 fully saturated rings. The van der Waals surface area contributed by atoms with Gasteiger partial charge in [0.2, 0.25) is 0 Å². The van der Waals surface area contributed by atoms with Crippen LogP contribution in [0, 0.1) is 12.8 Å². The van der Waals surface area contributed by atoms with Gasteiger partial charge in [0, 0.05) is 28.9 Å². The summed E-state index contributed by atoms with van der Waals surface area (Å²) in [6.45, 7) is 2.66. The van der Waals surface area contributed by atoms with E-state index in [0.717, 1.165) is 6.42 Å². The molecule has 1 unspecified atom stereocenters. The number of Topliss-reactive ketones (excluding diaryl/α,β-unsaturated/α-hetero) is 2. The van der Waals surface area contributed by atoms with E-state index in [9.17, 15) is 14.4 Å². The number of hydrogen-bond donors (Lipinski definition) is 1. The number of rotatable bonds is 4. The van der Waals surface area contributed by atoms with E-state index in [4.69, 9.17) is 0 Å². The lowest BCUT2D eigenvalue weighted by Gasteiger charge is -2.29. The number of nitrogens with one attached hydrogen (secondary N) is 1. The van der Waals surface area contributed by atoms with Crippen molar-refractivity contribution >= 4 is 17.5 Å². The Morgan fingerprint density at radius 1 is 0.964 bits per heavy atom. The Hall–Kier alpha value is -3.49. The van der Waals surface area contributed by atoms with Crippen molar-refractivity contribution in [1.29, 1.82) is 0 Å². The van der Waals surface area contributed by atoms with E-state index in [1.165, 1.54) is 11.1 Å². The van der Waals surface area contributed by atoms with Gasteiger partial charge >= 0.3 is 0 Å². The summed E-state index contributed by atoms with van der Waals surface area (Å²) in [5.41, 5.74) is 4.28. The van der Waals surface area contributed by atoms with Crippen molar-refractivity contribution in [2.75, 3.05) is 6.54 Å². The molecule has 0 radical (unpaired) electrons. The monoisotopic (exact) mass is 369 g/mol. The minimum absolute atomic E-state index is 0.201. The van der Waals surface area contributed by atoms with Crippen molar-refractivity contribution < 1.29 is 14.4 Å². The molecule has 4 heteroatoms. The first-order valence-corrected chi connectivity index (χ1v) is 9.24. The molecule has 4 nitrogen and oxygen atoms in total. The molecule has 0 aromatic heterocycles. The van der Waals surface area contributed by atoms with Gasteiger partial charge in [-0.15, -0.1) is 0 Å². The largest absolute Gasteiger partial charge is 0.384 e. The highest BCUT2D eigenvalue weighted by Gasteiger charge is 2.41. The maximum atomic E-state index is 13.1. The average Bonchev–Trinajstić information content (AvgIpc) is 2.73. The maximum Gasteiger partial charge on any atom is 0.192 e. The van der Waals surface area contributed by atoms with E-state index in [0.29, 0.717) is 28.9 Å². The Labute approximate surface area is 163 Å². The van der Waals surface area contributed by atoms with E-state index in [-0.39, 0.29) is 17.1 Å². The molecule has 0 saturated heterocycles. The molecule has 1 atom stereocenters. The maximum absolute atomic E-state index is 13.1. The van der Waals surface area contributed by atoms with E-state index < -0.39 is 5.92 Å². The van der Waals surface area contributed by atoms with Gasteiger partial charge in [0.25, 0.3) is 0 Å². The van der Waals surface area contributed by atoms with Gasteiger partial charge in [-0.25, -0.2) is 4.79 Å². The molecule has 28 heavy (non-hydrogen) atoms. The molecule has 2 aromatic carbocycles. The minimum Gasteiger partial charge on any atom is -0.384 e. The molecule has 138 valence electrons. The third-order valence-electron chi connectivity index (χ3n) is 5.23. The highest BCUT2D eigenvalue weighted by molar-refractivity contribution is 6.25. The van der Waals surface area contributed by atoms with E-state index in [1.54, 1.807) is 36.4 Å². The van der Waals surface area contributed by atoms with Crippen LogP contribution in [0.25, 0.3) is 0 Å². The average molecular weight is 369 g/mol. The number of hydrogen-bond acceptors (Lipinski definition) is 4. The Morgan fingerprint density at radius 3 is 2.39 bits per heavy atom. The standard InChI is InChI=1S/C24H19NO3/c1-15-6-8-16(9-7-15)12-13-25-20-11-10-17(14-26)21-22(20)24(28)19-5-3-2-4-18(19)23(21)27/h2-11,21,25H,12-13H2,1H3. The number of benzene rings is 2. The van der Waals surface area contributed by atoms with Gasteiger partial charge in [0.15, 0.2) is 11.6 Å². The summed E-state index contributed by atoms with van der Waals surface area (Å²) in [7, 11) is 0. The Morgan fingerprint density at radius 2 is 1.68 bits per heavy atom. The molecule has 4 rings (SSSR count). The van der Waals surface area contributed by atoms with E-state index in [2.05, 4.69) is 29.6 Å². The molecule has 0 bridgehead atoms. The topological polar surface area (TPSA) is 63.2 Å². The van der Waals surface area contributed by atoms with Crippen LogP contribution < -0.4 is 5.32 Å². The lowest BCUT2D eigenvalue weighted by atomic mass is 9.72. The Bertz CT molecular complexity index is 1080. The normalized spacial score (nSPS) is 17.9. The predicted molar refractivity (Wildman–Crippen MR) is 107 cm³/mol. The van der Waals surface area contributed by atoms with E-state index in [1.807, 2.05) is 12.9 Å². The van der Waals surface area contributed by atoms with Crippen LogP contribution in [-0.2, 0) is 11.2 Å². The van der Waals surface area contributed by atoms with Crippen molar-refractivity contribution in [3.8, 4) is 0 Å². The molecular weight excluding hydrogens is 350 g/mol. The zero-order chi connectivity index (χ0) is 19.7. The number of carbonyl (C=O) groups excluding carboxylic acids is 3. The summed E-state index contributed by atoms with van der Waals surface area (Å²) in [6.07, 6.45) is 4.06. The van der Waals surface area contributed by atoms with Gasteiger partial charge in [0.05, 0.1) is 11.5 Å². The second-order valence-electron chi connectivity index (χ2n) is 7.05. The van der Waals surface area contributed by atoms with Crippen LogP contribution in [0.4, 0.5) is 0 Å². The molecule has 1 N–H and O–H groups in total. The smallest absolute Gasteiger partial charge is 0.192 e. The summed E-state index contributed by atoms with van der Waals surface area (Å²) in [6, 6.07) is 15.0. The van der Waals surface area contributed by atoms with E-state index >= 15 is 0 Å². The van der Waals surface area contributed by atoms with Crippen molar-refractivity contribution in [3.63, 3.8) is 0 Å². The fraction of sp³-hybridized carbons (Fsp3) is 0.167. The molecule has 0 spiro atoms. The van der Waals surface area contributed by atoms with Crippen LogP contribution in [0.2, 0.25) is 0 Å². The Balaban J connectivity index is 1.66. The first kappa shape index (κ1) is 17.9. The van der Waals surface area contributed by atoms with Crippen molar-refractivity contribution in [1.82, 2.24) is 5.32 Å². The van der Waals surface area contributed by atoms with Crippen LogP contribution in [0.5, 0.6) is 0 Å². The first-order valence-electron chi connectivity index (χ1n) is 9.24. The molecule has 2 aliphatic carbocycles.